The van der Waals surface area contributed by atoms with Crippen LogP contribution in [-0.2, 0) is 4.79 Å². The summed E-state index contributed by atoms with van der Waals surface area (Å²) >= 11 is 0. The quantitative estimate of drug-likeness (QED) is 0.576. The van der Waals surface area contributed by atoms with E-state index in [1.807, 2.05) is 0 Å². The van der Waals surface area contributed by atoms with Crippen molar-refractivity contribution in [2.75, 3.05) is 0 Å². The van der Waals surface area contributed by atoms with Gasteiger partial charge in [-0.2, -0.15) is 0 Å². The van der Waals surface area contributed by atoms with Gasteiger partial charge in [-0.1, -0.05) is 13.3 Å². The minimum Gasteiger partial charge on any atom is -0.369 e. The molecular formula is C8H13NO. The number of hydrogen-bond acceptors (Lipinski definition) is 1. The van der Waals surface area contributed by atoms with Crippen LogP contribution in [0.4, 0.5) is 0 Å². The third-order valence-corrected chi connectivity index (χ3v) is 3.39. The van der Waals surface area contributed by atoms with Crippen LogP contribution in [0.2, 0.25) is 0 Å². The smallest absolute Gasteiger partial charge is 0.221 e. The third-order valence-electron chi connectivity index (χ3n) is 3.39. The van der Waals surface area contributed by atoms with E-state index >= 15 is 0 Å². The van der Waals surface area contributed by atoms with E-state index in [1.54, 1.807) is 0 Å². The molecule has 0 heterocycles. The molecule has 0 saturated heterocycles. The monoisotopic (exact) mass is 139 g/mol. The number of carbonyl (C=O) groups excluding carboxylic acids is 1. The highest BCUT2D eigenvalue weighted by Gasteiger charge is 2.65. The summed E-state index contributed by atoms with van der Waals surface area (Å²) in [6, 6.07) is 0. The molecule has 2 aliphatic carbocycles. The average Bonchev–Trinajstić information content (AvgIpc) is 2.22. The Hall–Kier alpha value is -0.530. The van der Waals surface area contributed by atoms with Crippen molar-refractivity contribution in [1.29, 1.82) is 0 Å². The highest BCUT2D eigenvalue weighted by Crippen LogP contribution is 2.67. The van der Waals surface area contributed by atoms with Gasteiger partial charge >= 0.3 is 0 Å². The highest BCUT2D eigenvalue weighted by atomic mass is 16.1. The first-order valence-corrected chi connectivity index (χ1v) is 3.95. The van der Waals surface area contributed by atoms with Crippen molar-refractivity contribution in [3.63, 3.8) is 0 Å². The Kier molecular flexibility index (Phi) is 0.960. The van der Waals surface area contributed by atoms with Crippen LogP contribution in [0, 0.1) is 17.3 Å². The van der Waals surface area contributed by atoms with E-state index < -0.39 is 0 Å². The molecule has 0 radical (unpaired) electrons. The van der Waals surface area contributed by atoms with Gasteiger partial charge in [0.15, 0.2) is 0 Å². The van der Waals surface area contributed by atoms with Gasteiger partial charge in [0.05, 0.1) is 0 Å². The predicted octanol–water partition coefficient (Wildman–Crippen LogP) is 0.908. The zero-order chi connectivity index (χ0) is 7.35. The fourth-order valence-corrected chi connectivity index (χ4v) is 2.72. The lowest BCUT2D eigenvalue weighted by Gasteiger charge is -2.03. The molecule has 2 nitrogen and oxygen atoms in total. The topological polar surface area (TPSA) is 43.1 Å². The standard InChI is InChI=1S/C8H13NO/c1-8-4-2-3-5(8)6(8)7(9)10/h5-6H,2-4H2,1H3,(H2,9,10). The van der Waals surface area contributed by atoms with Crippen LogP contribution in [0.3, 0.4) is 0 Å². The zero-order valence-electron chi connectivity index (χ0n) is 6.26. The van der Waals surface area contributed by atoms with Gasteiger partial charge in [-0.05, 0) is 24.2 Å². The average molecular weight is 139 g/mol. The van der Waals surface area contributed by atoms with Crippen molar-refractivity contribution in [2.45, 2.75) is 26.2 Å². The molecule has 0 aromatic rings. The molecule has 10 heavy (non-hydrogen) atoms. The second-order valence-corrected chi connectivity index (χ2v) is 3.88. The van der Waals surface area contributed by atoms with Crippen molar-refractivity contribution in [1.82, 2.24) is 0 Å². The van der Waals surface area contributed by atoms with Crippen molar-refractivity contribution >= 4 is 5.91 Å². The van der Waals surface area contributed by atoms with Crippen LogP contribution >= 0.6 is 0 Å². The summed E-state index contributed by atoms with van der Waals surface area (Å²) in [6.45, 7) is 2.19. The molecule has 2 fully saturated rings. The SMILES string of the molecule is CC12CCCC1C2C(N)=O. The maximum atomic E-state index is 10.8. The minimum absolute atomic E-state index is 0.0767. The highest BCUT2D eigenvalue weighted by molar-refractivity contribution is 5.81. The van der Waals surface area contributed by atoms with E-state index in [4.69, 9.17) is 5.73 Å². The van der Waals surface area contributed by atoms with Gasteiger partial charge < -0.3 is 5.73 Å². The first kappa shape index (κ1) is 6.20. The number of hydrogen-bond donors (Lipinski definition) is 1. The van der Waals surface area contributed by atoms with Gasteiger partial charge in [0.2, 0.25) is 5.91 Å². The molecule has 0 spiro atoms. The molecule has 2 heteroatoms. The summed E-state index contributed by atoms with van der Waals surface area (Å²) in [6.07, 6.45) is 3.74. The summed E-state index contributed by atoms with van der Waals surface area (Å²) < 4.78 is 0. The van der Waals surface area contributed by atoms with Crippen LogP contribution in [0.15, 0.2) is 0 Å². The Bertz CT molecular complexity index is 190. The van der Waals surface area contributed by atoms with Crippen molar-refractivity contribution in [2.24, 2.45) is 23.0 Å². The van der Waals surface area contributed by atoms with E-state index in [-0.39, 0.29) is 11.8 Å². The van der Waals surface area contributed by atoms with Crippen LogP contribution in [-0.4, -0.2) is 5.91 Å². The van der Waals surface area contributed by atoms with Crippen LogP contribution in [0.5, 0.6) is 0 Å². The van der Waals surface area contributed by atoms with Gasteiger partial charge in [0, 0.05) is 5.92 Å². The predicted molar refractivity (Wildman–Crippen MR) is 38.1 cm³/mol. The molecule has 1 amide bonds. The maximum Gasteiger partial charge on any atom is 0.221 e. The summed E-state index contributed by atoms with van der Waals surface area (Å²) in [4.78, 5) is 10.8. The Morgan fingerprint density at radius 3 is 2.70 bits per heavy atom. The number of primary amides is 1. The lowest BCUT2D eigenvalue weighted by Crippen LogP contribution is -2.18. The Balaban J connectivity index is 2.15. The molecular weight excluding hydrogens is 126 g/mol. The molecule has 2 rings (SSSR count). The second kappa shape index (κ2) is 1.55. The Morgan fingerprint density at radius 1 is 1.70 bits per heavy atom. The fourth-order valence-electron chi connectivity index (χ4n) is 2.72. The molecule has 3 atom stereocenters. The second-order valence-electron chi connectivity index (χ2n) is 3.88. The molecule has 3 unspecified atom stereocenters. The van der Waals surface area contributed by atoms with E-state index in [0.29, 0.717) is 11.3 Å². The molecule has 2 saturated carbocycles. The van der Waals surface area contributed by atoms with Gasteiger partial charge in [0.1, 0.15) is 0 Å². The summed E-state index contributed by atoms with van der Waals surface area (Å²) in [7, 11) is 0. The largest absolute Gasteiger partial charge is 0.369 e. The van der Waals surface area contributed by atoms with Gasteiger partial charge in [0.25, 0.3) is 0 Å². The lowest BCUT2D eigenvalue weighted by atomic mass is 10.0. The summed E-state index contributed by atoms with van der Waals surface area (Å²) in [5, 5.41) is 0. The molecule has 0 aromatic heterocycles. The van der Waals surface area contributed by atoms with E-state index in [0.717, 1.165) is 0 Å². The zero-order valence-corrected chi connectivity index (χ0v) is 6.26. The van der Waals surface area contributed by atoms with Crippen LogP contribution in [0.25, 0.3) is 0 Å². The number of rotatable bonds is 1. The van der Waals surface area contributed by atoms with Crippen molar-refractivity contribution < 1.29 is 4.79 Å². The van der Waals surface area contributed by atoms with Crippen LogP contribution in [0.1, 0.15) is 26.2 Å². The van der Waals surface area contributed by atoms with E-state index in [1.165, 1.54) is 19.3 Å². The van der Waals surface area contributed by atoms with E-state index in [9.17, 15) is 4.79 Å². The number of amides is 1. The summed E-state index contributed by atoms with van der Waals surface area (Å²) in [5.74, 6) is 0.790. The fraction of sp³-hybridized carbons (Fsp3) is 0.875. The molecule has 0 bridgehead atoms. The van der Waals surface area contributed by atoms with E-state index in [2.05, 4.69) is 6.92 Å². The summed E-state index contributed by atoms with van der Waals surface area (Å²) in [5.41, 5.74) is 5.56. The Morgan fingerprint density at radius 2 is 2.40 bits per heavy atom. The third kappa shape index (κ3) is 0.522. The van der Waals surface area contributed by atoms with Crippen molar-refractivity contribution in [3.05, 3.63) is 0 Å². The van der Waals surface area contributed by atoms with Gasteiger partial charge in [-0.25, -0.2) is 0 Å². The van der Waals surface area contributed by atoms with Gasteiger partial charge in [-0.3, -0.25) is 4.79 Å². The molecule has 2 aliphatic rings. The van der Waals surface area contributed by atoms with Crippen LogP contribution < -0.4 is 5.73 Å². The maximum absolute atomic E-state index is 10.8. The normalized spacial score (nSPS) is 50.5. The number of fused-ring (bicyclic) bond motifs is 1. The molecule has 56 valence electrons. The minimum atomic E-state index is -0.0767. The van der Waals surface area contributed by atoms with Crippen molar-refractivity contribution in [3.8, 4) is 0 Å². The molecule has 0 aromatic carbocycles. The number of carbonyl (C=O) groups is 1. The lowest BCUT2D eigenvalue weighted by molar-refractivity contribution is -0.120. The Labute approximate surface area is 60.8 Å². The number of nitrogens with two attached hydrogens (primary N) is 1. The first-order chi connectivity index (χ1) is 4.66. The molecule has 2 N–H and O–H groups in total. The first-order valence-electron chi connectivity index (χ1n) is 3.95. The molecule has 0 aliphatic heterocycles. The van der Waals surface area contributed by atoms with Gasteiger partial charge in [-0.15, -0.1) is 0 Å².